The Hall–Kier alpha value is -3.69. The van der Waals surface area contributed by atoms with Crippen molar-refractivity contribution in [3.05, 3.63) is 58.3 Å². The molecular formula is C26H31FN6O3. The van der Waals surface area contributed by atoms with Gasteiger partial charge in [-0.25, -0.2) is 4.39 Å². The van der Waals surface area contributed by atoms with E-state index in [1.54, 1.807) is 13.0 Å². The van der Waals surface area contributed by atoms with Crippen LogP contribution in [0.2, 0.25) is 0 Å². The number of nitrogens with zero attached hydrogens (tertiary/aromatic N) is 1. The quantitative estimate of drug-likeness (QED) is 0.266. The summed E-state index contributed by atoms with van der Waals surface area (Å²) in [6.07, 6.45) is 5.00. The Morgan fingerprint density at radius 2 is 1.83 bits per heavy atom. The highest BCUT2D eigenvalue weighted by atomic mass is 19.1. The number of nitrogens with two attached hydrogens (primary N) is 2. The van der Waals surface area contributed by atoms with E-state index in [0.717, 1.165) is 37.8 Å². The Bertz CT molecular complexity index is 1300. The number of hydrogen-bond donors (Lipinski definition) is 5. The van der Waals surface area contributed by atoms with Crippen LogP contribution in [0.15, 0.2) is 40.2 Å². The molecule has 4 aliphatic carbocycles. The number of carbonyl (C=O) groups is 2. The molecule has 36 heavy (non-hydrogen) atoms. The van der Waals surface area contributed by atoms with Crippen molar-refractivity contribution in [3.8, 4) is 0 Å². The molecule has 4 aliphatic rings. The minimum Gasteiger partial charge on any atom is -0.385 e. The molecule has 190 valence electrons. The Morgan fingerprint density at radius 3 is 2.39 bits per heavy atom. The fraction of sp³-hybridized carbons (Fsp3) is 0.462. The summed E-state index contributed by atoms with van der Waals surface area (Å²) in [5, 5.41) is 18.3. The minimum atomic E-state index is -0.926. The molecule has 6 rings (SSSR count). The van der Waals surface area contributed by atoms with Gasteiger partial charge >= 0.3 is 0 Å². The average molecular weight is 495 g/mol. The molecule has 1 atom stereocenters. The van der Waals surface area contributed by atoms with Gasteiger partial charge < -0.3 is 21.3 Å². The van der Waals surface area contributed by atoms with E-state index >= 15 is 4.39 Å². The summed E-state index contributed by atoms with van der Waals surface area (Å²) in [4.78, 5) is 24.8. The van der Waals surface area contributed by atoms with Crippen LogP contribution in [-0.2, 0) is 15.0 Å². The third kappa shape index (κ3) is 4.04. The van der Waals surface area contributed by atoms with Crippen LogP contribution in [0, 0.1) is 16.6 Å². The van der Waals surface area contributed by atoms with Crippen LogP contribution in [-0.4, -0.2) is 28.2 Å². The van der Waals surface area contributed by atoms with Crippen LogP contribution >= 0.6 is 0 Å². The smallest absolute Gasteiger partial charge is 0.254 e. The Morgan fingerprint density at radius 1 is 1.17 bits per heavy atom. The number of nitrogens with one attached hydrogen (secondary N) is 3. The molecule has 4 fully saturated rings. The normalized spacial score (nSPS) is 26.6. The third-order valence-corrected chi connectivity index (χ3v) is 7.95. The highest BCUT2D eigenvalue weighted by Crippen LogP contribution is 2.73. The fourth-order valence-electron chi connectivity index (χ4n) is 5.76. The SMILES string of the molecule is CC(C(=O)Nc1cc(C23CC(C)(C2)C3)no1)c1ccc(C(=N)/C(C(N)=O)=C(/N)NC2(C)CC2)c(F)c1. The number of anilines is 1. The van der Waals surface area contributed by atoms with Gasteiger partial charge in [0.05, 0.1) is 17.3 Å². The van der Waals surface area contributed by atoms with Crippen LogP contribution < -0.4 is 22.1 Å². The van der Waals surface area contributed by atoms with E-state index in [4.69, 9.17) is 21.4 Å². The number of aromatic nitrogens is 1. The van der Waals surface area contributed by atoms with Crippen LogP contribution in [0.1, 0.15) is 75.6 Å². The average Bonchev–Trinajstić information content (AvgIpc) is 3.29. The second-order valence-corrected chi connectivity index (χ2v) is 11.4. The number of halogens is 1. The second-order valence-electron chi connectivity index (χ2n) is 11.4. The predicted octanol–water partition coefficient (Wildman–Crippen LogP) is 3.16. The molecule has 1 heterocycles. The summed E-state index contributed by atoms with van der Waals surface area (Å²) in [5.74, 6) is -2.57. The Kier molecular flexibility index (Phi) is 5.28. The molecule has 9 nitrogen and oxygen atoms in total. The molecule has 1 unspecified atom stereocenters. The number of rotatable bonds is 9. The monoisotopic (exact) mass is 494 g/mol. The van der Waals surface area contributed by atoms with Crippen LogP contribution in [0.25, 0.3) is 0 Å². The molecule has 2 bridgehead atoms. The van der Waals surface area contributed by atoms with Gasteiger partial charge in [-0.05, 0) is 69.1 Å². The van der Waals surface area contributed by atoms with Crippen LogP contribution in [0.4, 0.5) is 10.3 Å². The molecule has 2 amide bonds. The first kappa shape index (κ1) is 24.0. The van der Waals surface area contributed by atoms with Crippen LogP contribution in [0.3, 0.4) is 0 Å². The summed E-state index contributed by atoms with van der Waals surface area (Å²) < 4.78 is 20.4. The largest absolute Gasteiger partial charge is 0.385 e. The highest BCUT2D eigenvalue weighted by Gasteiger charge is 2.66. The topological polar surface area (TPSA) is 160 Å². The lowest BCUT2D eigenvalue weighted by Gasteiger charge is -2.68. The predicted molar refractivity (Wildman–Crippen MR) is 132 cm³/mol. The van der Waals surface area contributed by atoms with Gasteiger partial charge in [-0.1, -0.05) is 18.1 Å². The van der Waals surface area contributed by atoms with Gasteiger partial charge in [0.15, 0.2) is 0 Å². The summed E-state index contributed by atoms with van der Waals surface area (Å²) in [5.41, 5.74) is 12.2. The van der Waals surface area contributed by atoms with Gasteiger partial charge in [0.25, 0.3) is 5.91 Å². The number of amides is 2. The molecular weight excluding hydrogens is 463 g/mol. The zero-order valence-corrected chi connectivity index (χ0v) is 20.6. The number of benzene rings is 1. The molecule has 2 aromatic rings. The summed E-state index contributed by atoms with van der Waals surface area (Å²) >= 11 is 0. The fourth-order valence-corrected chi connectivity index (χ4v) is 5.76. The summed E-state index contributed by atoms with van der Waals surface area (Å²) in [6, 6.07) is 5.83. The Balaban J connectivity index is 1.28. The van der Waals surface area contributed by atoms with E-state index in [1.807, 2.05) is 6.92 Å². The Labute approximate surface area is 208 Å². The molecule has 0 spiro atoms. The van der Waals surface area contributed by atoms with Gasteiger partial charge in [-0.3, -0.25) is 20.3 Å². The summed E-state index contributed by atoms with van der Waals surface area (Å²) in [6.45, 7) is 5.83. The molecule has 0 saturated heterocycles. The van der Waals surface area contributed by atoms with Crippen molar-refractivity contribution in [1.29, 1.82) is 5.41 Å². The first-order chi connectivity index (χ1) is 16.8. The van der Waals surface area contributed by atoms with E-state index in [0.29, 0.717) is 11.0 Å². The number of carbonyl (C=O) groups excluding carboxylic acids is 2. The molecule has 1 aromatic carbocycles. The van der Waals surface area contributed by atoms with Crippen molar-refractivity contribution in [2.45, 2.75) is 69.7 Å². The molecule has 7 N–H and O–H groups in total. The van der Waals surface area contributed by atoms with Crippen molar-refractivity contribution in [1.82, 2.24) is 10.5 Å². The zero-order valence-electron chi connectivity index (χ0n) is 20.6. The molecule has 0 radical (unpaired) electrons. The maximum atomic E-state index is 15.1. The second kappa shape index (κ2) is 7.91. The van der Waals surface area contributed by atoms with Crippen molar-refractivity contribution in [2.24, 2.45) is 16.9 Å². The maximum absolute atomic E-state index is 15.1. The van der Waals surface area contributed by atoms with E-state index in [1.165, 1.54) is 18.2 Å². The van der Waals surface area contributed by atoms with Crippen molar-refractivity contribution < 1.29 is 18.5 Å². The first-order valence-electron chi connectivity index (χ1n) is 12.1. The van der Waals surface area contributed by atoms with E-state index < -0.39 is 23.4 Å². The summed E-state index contributed by atoms with van der Waals surface area (Å²) in [7, 11) is 0. The van der Waals surface area contributed by atoms with Gasteiger partial charge in [-0.2, -0.15) is 0 Å². The standard InChI is InChI=1S/C26H31FN6O3/c1-13(23(35)31-18-9-17(33-36-18)26-10-24(2,11-26)12-26)14-4-5-15(16(27)8-14)20(28)19(22(30)34)21(29)32-25(3)6-7-25/h4-5,8-9,13,28,32H,6-7,10-12,29H2,1-3H3,(H2,30,34)(H,31,35)/b21-19+,28-20?. The van der Waals surface area contributed by atoms with Crippen molar-refractivity contribution in [3.63, 3.8) is 0 Å². The van der Waals surface area contributed by atoms with Crippen molar-refractivity contribution >= 4 is 23.4 Å². The van der Waals surface area contributed by atoms with Crippen LogP contribution in [0.5, 0.6) is 0 Å². The third-order valence-electron chi connectivity index (χ3n) is 7.95. The van der Waals surface area contributed by atoms with Gasteiger partial charge in [0, 0.05) is 22.6 Å². The molecule has 0 aliphatic heterocycles. The van der Waals surface area contributed by atoms with Gasteiger partial charge in [-0.15, -0.1) is 0 Å². The highest BCUT2D eigenvalue weighted by molar-refractivity contribution is 6.27. The lowest BCUT2D eigenvalue weighted by atomic mass is 9.35. The van der Waals surface area contributed by atoms with Gasteiger partial charge in [0.2, 0.25) is 11.8 Å². The number of primary amides is 1. The van der Waals surface area contributed by atoms with Crippen molar-refractivity contribution in [2.75, 3.05) is 5.32 Å². The minimum absolute atomic E-state index is 0.0527. The maximum Gasteiger partial charge on any atom is 0.254 e. The van der Waals surface area contributed by atoms with Gasteiger partial charge in [0.1, 0.15) is 17.2 Å². The zero-order chi connectivity index (χ0) is 26.0. The lowest BCUT2D eigenvalue weighted by molar-refractivity contribution is -0.129. The lowest BCUT2D eigenvalue weighted by Crippen LogP contribution is -2.62. The molecule has 1 aromatic heterocycles. The number of hydrogen-bond acceptors (Lipinski definition) is 7. The van der Waals surface area contributed by atoms with E-state index in [2.05, 4.69) is 22.7 Å². The molecule has 10 heteroatoms. The van der Waals surface area contributed by atoms with E-state index in [9.17, 15) is 9.59 Å². The van der Waals surface area contributed by atoms with E-state index in [-0.39, 0.29) is 39.7 Å². The molecule has 4 saturated carbocycles. The first-order valence-corrected chi connectivity index (χ1v) is 12.1.